The van der Waals surface area contributed by atoms with Gasteiger partial charge in [-0.2, -0.15) is 0 Å². The molecule has 0 spiro atoms. The van der Waals surface area contributed by atoms with Crippen molar-refractivity contribution in [3.8, 4) is 0 Å². The molecule has 2 atom stereocenters. The van der Waals surface area contributed by atoms with Gasteiger partial charge in [-0.15, -0.1) is 0 Å². The minimum Gasteiger partial charge on any atom is -0.481 e. The Bertz CT molecular complexity index is 454. The number of hydrogen-bond acceptors (Lipinski definition) is 3. The summed E-state index contributed by atoms with van der Waals surface area (Å²) < 4.78 is 0. The van der Waals surface area contributed by atoms with Gasteiger partial charge in [0.15, 0.2) is 0 Å². The van der Waals surface area contributed by atoms with Crippen molar-refractivity contribution < 1.29 is 19.5 Å². The van der Waals surface area contributed by atoms with Gasteiger partial charge < -0.3 is 20.6 Å². The first-order valence-corrected chi connectivity index (χ1v) is 7.37. The summed E-state index contributed by atoms with van der Waals surface area (Å²) in [5.41, 5.74) is 4.75. The van der Waals surface area contributed by atoms with Crippen LogP contribution in [0.4, 0.5) is 4.79 Å². The summed E-state index contributed by atoms with van der Waals surface area (Å²) in [4.78, 5) is 38.1. The fraction of sp³-hybridized carbons (Fsp3) is 0.786. The Labute approximate surface area is 124 Å². The molecule has 7 heteroatoms. The zero-order valence-corrected chi connectivity index (χ0v) is 12.4. The minimum absolute atomic E-state index is 0.0188. The molecule has 3 amide bonds. The van der Waals surface area contributed by atoms with Crippen molar-refractivity contribution >= 4 is 17.9 Å². The number of hydrogen-bond donors (Lipinski definition) is 2. The van der Waals surface area contributed by atoms with E-state index in [2.05, 4.69) is 0 Å². The largest absolute Gasteiger partial charge is 0.481 e. The maximum absolute atomic E-state index is 12.5. The number of carbonyl (C=O) groups is 3. The molecule has 0 aromatic carbocycles. The monoisotopic (exact) mass is 297 g/mol. The minimum atomic E-state index is -0.822. The van der Waals surface area contributed by atoms with E-state index in [-0.39, 0.29) is 24.3 Å². The molecule has 2 saturated heterocycles. The number of piperidine rings is 1. The molecule has 2 fully saturated rings. The van der Waals surface area contributed by atoms with E-state index in [4.69, 9.17) is 10.8 Å². The van der Waals surface area contributed by atoms with E-state index in [1.54, 1.807) is 16.7 Å². The third-order valence-corrected chi connectivity index (χ3v) is 4.59. The third-order valence-electron chi connectivity index (χ3n) is 4.59. The van der Waals surface area contributed by atoms with Gasteiger partial charge in [0.05, 0.1) is 5.41 Å². The number of likely N-dealkylation sites (tertiary alicyclic amines) is 2. The summed E-state index contributed by atoms with van der Waals surface area (Å²) >= 11 is 0. The topological polar surface area (TPSA) is 104 Å². The first-order valence-electron chi connectivity index (χ1n) is 7.37. The molecule has 2 heterocycles. The number of carboxylic acid groups (broad SMARTS) is 1. The van der Waals surface area contributed by atoms with Crippen LogP contribution in [0.2, 0.25) is 0 Å². The maximum atomic E-state index is 12.5. The van der Waals surface area contributed by atoms with E-state index in [1.807, 2.05) is 0 Å². The molecular weight excluding hydrogens is 274 g/mol. The SMILES string of the molecule is CC1(C(N)=O)CCN(C(=O)N2CCCC(CC(=O)O)C2)C1. The van der Waals surface area contributed by atoms with Gasteiger partial charge in [-0.1, -0.05) is 0 Å². The molecule has 0 bridgehead atoms. The zero-order valence-electron chi connectivity index (χ0n) is 12.4. The molecule has 21 heavy (non-hydrogen) atoms. The highest BCUT2D eigenvalue weighted by atomic mass is 16.4. The number of urea groups is 1. The van der Waals surface area contributed by atoms with E-state index < -0.39 is 11.4 Å². The summed E-state index contributed by atoms with van der Waals surface area (Å²) in [6.07, 6.45) is 2.35. The van der Waals surface area contributed by atoms with Crippen molar-refractivity contribution in [2.24, 2.45) is 17.1 Å². The summed E-state index contributed by atoms with van der Waals surface area (Å²) in [6, 6.07) is -0.102. The Morgan fingerprint density at radius 3 is 2.57 bits per heavy atom. The van der Waals surface area contributed by atoms with Crippen molar-refractivity contribution in [1.82, 2.24) is 9.80 Å². The number of nitrogens with zero attached hydrogens (tertiary/aromatic N) is 2. The van der Waals surface area contributed by atoms with E-state index in [0.29, 0.717) is 32.6 Å². The molecule has 0 aliphatic carbocycles. The number of aliphatic carboxylic acids is 1. The lowest BCUT2D eigenvalue weighted by atomic mass is 9.89. The number of primary amides is 1. The molecule has 3 N–H and O–H groups in total. The highest BCUT2D eigenvalue weighted by molar-refractivity contribution is 5.83. The van der Waals surface area contributed by atoms with Gasteiger partial charge in [0.1, 0.15) is 0 Å². The van der Waals surface area contributed by atoms with E-state index in [0.717, 1.165) is 12.8 Å². The van der Waals surface area contributed by atoms with Crippen LogP contribution in [0, 0.1) is 11.3 Å². The van der Waals surface area contributed by atoms with Gasteiger partial charge in [0, 0.05) is 32.6 Å². The van der Waals surface area contributed by atoms with Gasteiger partial charge in [-0.25, -0.2) is 4.79 Å². The zero-order chi connectivity index (χ0) is 15.6. The predicted molar refractivity (Wildman–Crippen MR) is 75.4 cm³/mol. The Kier molecular flexibility index (Phi) is 4.39. The van der Waals surface area contributed by atoms with Crippen LogP contribution >= 0.6 is 0 Å². The molecule has 118 valence electrons. The summed E-state index contributed by atoms with van der Waals surface area (Å²) in [7, 11) is 0. The Balaban J connectivity index is 1.94. The highest BCUT2D eigenvalue weighted by Gasteiger charge is 2.42. The van der Waals surface area contributed by atoms with Gasteiger partial charge in [0.2, 0.25) is 5.91 Å². The van der Waals surface area contributed by atoms with Crippen molar-refractivity contribution in [2.45, 2.75) is 32.6 Å². The molecule has 2 aliphatic rings. The summed E-state index contributed by atoms with van der Waals surface area (Å²) in [5.74, 6) is -1.18. The van der Waals surface area contributed by atoms with Gasteiger partial charge in [-0.05, 0) is 32.1 Å². The molecule has 2 rings (SSSR count). The molecule has 7 nitrogen and oxygen atoms in total. The molecule has 2 unspecified atom stereocenters. The van der Waals surface area contributed by atoms with Crippen LogP contribution in [0.5, 0.6) is 0 Å². The fourth-order valence-corrected chi connectivity index (χ4v) is 3.18. The first-order chi connectivity index (χ1) is 9.82. The molecular formula is C14H23N3O4. The number of amides is 3. The van der Waals surface area contributed by atoms with Crippen LogP contribution in [0.1, 0.15) is 32.6 Å². The van der Waals surface area contributed by atoms with Gasteiger partial charge in [-0.3, -0.25) is 9.59 Å². The summed E-state index contributed by atoms with van der Waals surface area (Å²) in [5, 5.41) is 8.87. The lowest BCUT2D eigenvalue weighted by molar-refractivity contribution is -0.138. The third kappa shape index (κ3) is 3.46. The van der Waals surface area contributed by atoms with Crippen molar-refractivity contribution in [1.29, 1.82) is 0 Å². The van der Waals surface area contributed by atoms with Gasteiger partial charge >= 0.3 is 12.0 Å². The average Bonchev–Trinajstić information content (AvgIpc) is 2.81. The van der Waals surface area contributed by atoms with E-state index in [1.165, 1.54) is 0 Å². The molecule has 2 aliphatic heterocycles. The van der Waals surface area contributed by atoms with Crippen LogP contribution in [-0.4, -0.2) is 59.0 Å². The Morgan fingerprint density at radius 2 is 2.00 bits per heavy atom. The molecule has 0 aromatic heterocycles. The van der Waals surface area contributed by atoms with E-state index in [9.17, 15) is 14.4 Å². The lowest BCUT2D eigenvalue weighted by Crippen LogP contribution is -2.48. The van der Waals surface area contributed by atoms with Crippen LogP contribution in [0.25, 0.3) is 0 Å². The van der Waals surface area contributed by atoms with Crippen molar-refractivity contribution in [3.05, 3.63) is 0 Å². The van der Waals surface area contributed by atoms with Crippen LogP contribution in [-0.2, 0) is 9.59 Å². The lowest BCUT2D eigenvalue weighted by Gasteiger charge is -2.35. The fourth-order valence-electron chi connectivity index (χ4n) is 3.18. The Hall–Kier alpha value is -1.79. The average molecular weight is 297 g/mol. The molecule has 0 saturated carbocycles. The van der Waals surface area contributed by atoms with Crippen LogP contribution in [0.3, 0.4) is 0 Å². The summed E-state index contributed by atoms with van der Waals surface area (Å²) in [6.45, 7) is 3.79. The normalized spacial score (nSPS) is 29.5. The number of carbonyl (C=O) groups excluding carboxylic acids is 2. The van der Waals surface area contributed by atoms with Crippen molar-refractivity contribution in [2.75, 3.05) is 26.2 Å². The first kappa shape index (κ1) is 15.6. The second-order valence-corrected chi connectivity index (χ2v) is 6.43. The number of nitrogens with two attached hydrogens (primary N) is 1. The van der Waals surface area contributed by atoms with Crippen LogP contribution in [0.15, 0.2) is 0 Å². The quantitative estimate of drug-likeness (QED) is 0.791. The molecule has 0 aromatic rings. The standard InChI is InChI=1S/C14H23N3O4/c1-14(12(15)20)4-6-17(9-14)13(21)16-5-2-3-10(8-16)7-11(18)19/h10H,2-9H2,1H3,(H2,15,20)(H,18,19). The number of carboxylic acids is 1. The molecule has 0 radical (unpaired) electrons. The number of rotatable bonds is 3. The maximum Gasteiger partial charge on any atom is 0.320 e. The smallest absolute Gasteiger partial charge is 0.320 e. The second kappa shape index (κ2) is 5.91. The predicted octanol–water partition coefficient (Wildman–Crippen LogP) is 0.490. The van der Waals surface area contributed by atoms with E-state index >= 15 is 0 Å². The second-order valence-electron chi connectivity index (χ2n) is 6.43. The van der Waals surface area contributed by atoms with Crippen molar-refractivity contribution in [3.63, 3.8) is 0 Å². The van der Waals surface area contributed by atoms with Gasteiger partial charge in [0.25, 0.3) is 0 Å². The van der Waals surface area contributed by atoms with Crippen LogP contribution < -0.4 is 5.73 Å². The Morgan fingerprint density at radius 1 is 1.29 bits per heavy atom. The highest BCUT2D eigenvalue weighted by Crippen LogP contribution is 2.31.